The highest BCUT2D eigenvalue weighted by atomic mass is 19.3. The van der Waals surface area contributed by atoms with Crippen molar-refractivity contribution in [1.82, 2.24) is 9.80 Å². The summed E-state index contributed by atoms with van der Waals surface area (Å²) in [6.07, 6.45) is 0.643. The number of amides is 1. The van der Waals surface area contributed by atoms with E-state index in [1.165, 1.54) is 4.90 Å². The molecule has 2 rings (SSSR count). The third kappa shape index (κ3) is 3.07. The molecular weight excluding hydrogens is 249 g/mol. The van der Waals surface area contributed by atoms with E-state index in [1.807, 2.05) is 0 Å². The molecule has 7 heteroatoms. The first-order chi connectivity index (χ1) is 8.52. The van der Waals surface area contributed by atoms with E-state index in [9.17, 15) is 18.1 Å². The van der Waals surface area contributed by atoms with Gasteiger partial charge in [0.25, 0.3) is 5.92 Å². The Balaban J connectivity index is 1.84. The van der Waals surface area contributed by atoms with Crippen molar-refractivity contribution in [3.05, 3.63) is 0 Å². The Labute approximate surface area is 104 Å². The van der Waals surface area contributed by atoms with Crippen LogP contribution in [-0.4, -0.2) is 54.0 Å². The van der Waals surface area contributed by atoms with Gasteiger partial charge < -0.3 is 4.90 Å². The first-order valence-electron chi connectivity index (χ1n) is 6.21. The summed E-state index contributed by atoms with van der Waals surface area (Å²) in [5.41, 5.74) is 0. The van der Waals surface area contributed by atoms with Crippen molar-refractivity contribution in [2.24, 2.45) is 0 Å². The summed E-state index contributed by atoms with van der Waals surface area (Å²) in [7, 11) is 0. The first kappa shape index (κ1) is 13.5. The summed E-state index contributed by atoms with van der Waals surface area (Å²) < 4.78 is 38.3. The SMILES string of the molecule is O=C(OF)N1CCC(N2CCCC(F)(F)C2)CC1. The highest BCUT2D eigenvalue weighted by molar-refractivity contribution is 5.66. The van der Waals surface area contributed by atoms with Crippen LogP contribution in [0, 0.1) is 0 Å². The van der Waals surface area contributed by atoms with Gasteiger partial charge in [-0.2, -0.15) is 0 Å². The molecule has 0 aromatic carbocycles. The van der Waals surface area contributed by atoms with E-state index in [-0.39, 0.29) is 19.0 Å². The summed E-state index contributed by atoms with van der Waals surface area (Å²) in [6, 6.07) is 0.0554. The molecule has 2 aliphatic rings. The maximum absolute atomic E-state index is 13.3. The topological polar surface area (TPSA) is 32.8 Å². The molecule has 2 aliphatic heterocycles. The fourth-order valence-corrected chi connectivity index (χ4v) is 2.77. The third-order valence-electron chi connectivity index (χ3n) is 3.73. The summed E-state index contributed by atoms with van der Waals surface area (Å²) in [5.74, 6) is -2.60. The van der Waals surface area contributed by atoms with Gasteiger partial charge in [0, 0.05) is 30.1 Å². The lowest BCUT2D eigenvalue weighted by atomic mass is 9.99. The molecule has 2 heterocycles. The van der Waals surface area contributed by atoms with Crippen LogP contribution in [0.5, 0.6) is 0 Å². The highest BCUT2D eigenvalue weighted by Crippen LogP contribution is 2.30. The van der Waals surface area contributed by atoms with Gasteiger partial charge in [0.2, 0.25) is 0 Å². The van der Waals surface area contributed by atoms with E-state index in [4.69, 9.17) is 0 Å². The molecule has 0 atom stereocenters. The van der Waals surface area contributed by atoms with Crippen molar-refractivity contribution >= 4 is 6.09 Å². The van der Waals surface area contributed by atoms with Crippen molar-refractivity contribution in [1.29, 1.82) is 0 Å². The van der Waals surface area contributed by atoms with Crippen LogP contribution in [0.25, 0.3) is 0 Å². The second kappa shape index (κ2) is 5.34. The number of nitrogens with zero attached hydrogens (tertiary/aromatic N) is 2. The molecule has 0 N–H and O–H groups in total. The molecule has 0 radical (unpaired) electrons. The van der Waals surface area contributed by atoms with Crippen LogP contribution in [0.1, 0.15) is 25.7 Å². The predicted molar refractivity (Wildman–Crippen MR) is 57.9 cm³/mol. The Morgan fingerprint density at radius 3 is 2.44 bits per heavy atom. The molecule has 1 amide bonds. The Hall–Kier alpha value is -0.980. The van der Waals surface area contributed by atoms with Crippen LogP contribution < -0.4 is 0 Å². The molecule has 0 spiro atoms. The number of piperidine rings is 2. The summed E-state index contributed by atoms with van der Waals surface area (Å²) in [5, 5.41) is 0. The average molecular weight is 266 g/mol. The standard InChI is InChI=1S/C11H17F3N2O2/c12-11(13)4-1-5-16(8-11)9-2-6-15(7-3-9)10(17)18-14/h9H,1-8H2. The fourth-order valence-electron chi connectivity index (χ4n) is 2.77. The predicted octanol–water partition coefficient (Wildman–Crippen LogP) is 2.20. The molecule has 104 valence electrons. The lowest BCUT2D eigenvalue weighted by molar-refractivity contribution is -0.0924. The number of carbonyl (C=O) groups excluding carboxylic acids is 1. The lowest BCUT2D eigenvalue weighted by Gasteiger charge is -2.41. The fraction of sp³-hybridized carbons (Fsp3) is 0.909. The Kier molecular flexibility index (Phi) is 3.99. The van der Waals surface area contributed by atoms with Crippen molar-refractivity contribution in [3.63, 3.8) is 0 Å². The van der Waals surface area contributed by atoms with Crippen LogP contribution in [-0.2, 0) is 4.94 Å². The van der Waals surface area contributed by atoms with Crippen LogP contribution >= 0.6 is 0 Å². The van der Waals surface area contributed by atoms with E-state index < -0.39 is 12.0 Å². The van der Waals surface area contributed by atoms with Gasteiger partial charge in [-0.25, -0.2) is 18.5 Å². The second-order valence-electron chi connectivity index (χ2n) is 4.99. The first-order valence-corrected chi connectivity index (χ1v) is 6.21. The zero-order chi connectivity index (χ0) is 13.2. The zero-order valence-electron chi connectivity index (χ0n) is 10.1. The van der Waals surface area contributed by atoms with Gasteiger partial charge in [-0.05, 0) is 25.8 Å². The van der Waals surface area contributed by atoms with Crippen LogP contribution in [0.3, 0.4) is 0 Å². The van der Waals surface area contributed by atoms with Crippen molar-refractivity contribution in [2.45, 2.75) is 37.6 Å². The normalized spacial score (nSPS) is 26.1. The van der Waals surface area contributed by atoms with E-state index in [2.05, 4.69) is 4.94 Å². The van der Waals surface area contributed by atoms with Gasteiger partial charge in [0.15, 0.2) is 0 Å². The Morgan fingerprint density at radius 2 is 1.89 bits per heavy atom. The number of rotatable bonds is 1. The number of likely N-dealkylation sites (tertiary alicyclic amines) is 2. The number of alkyl halides is 2. The number of hydrogen-bond acceptors (Lipinski definition) is 3. The maximum atomic E-state index is 13.3. The smallest absolute Gasteiger partial charge is 0.306 e. The van der Waals surface area contributed by atoms with E-state index in [1.54, 1.807) is 4.90 Å². The minimum Gasteiger partial charge on any atom is -0.306 e. The second-order valence-corrected chi connectivity index (χ2v) is 4.99. The van der Waals surface area contributed by atoms with Gasteiger partial charge in [-0.1, -0.05) is 0 Å². The highest BCUT2D eigenvalue weighted by Gasteiger charge is 2.38. The van der Waals surface area contributed by atoms with Gasteiger partial charge in [0.05, 0.1) is 6.54 Å². The molecule has 0 aromatic rings. The van der Waals surface area contributed by atoms with Crippen LogP contribution in [0.15, 0.2) is 0 Å². The lowest BCUT2D eigenvalue weighted by Crippen LogP contribution is -2.52. The quantitative estimate of drug-likeness (QED) is 0.729. The number of hydrogen-bond donors (Lipinski definition) is 0. The molecule has 18 heavy (non-hydrogen) atoms. The average Bonchev–Trinajstić information content (AvgIpc) is 2.37. The van der Waals surface area contributed by atoms with E-state index in [0.717, 1.165) is 0 Å². The molecule has 2 saturated heterocycles. The summed E-state index contributed by atoms with van der Waals surface area (Å²) in [4.78, 5) is 17.2. The Bertz CT molecular complexity index is 307. The Morgan fingerprint density at radius 1 is 1.22 bits per heavy atom. The summed E-state index contributed by atoms with van der Waals surface area (Å²) in [6.45, 7) is 1.18. The van der Waals surface area contributed by atoms with Gasteiger partial charge in [0.1, 0.15) is 0 Å². The molecular formula is C11H17F3N2O2. The molecule has 0 unspecified atom stereocenters. The van der Waals surface area contributed by atoms with Crippen molar-refractivity contribution in [3.8, 4) is 0 Å². The van der Waals surface area contributed by atoms with Crippen molar-refractivity contribution < 1.29 is 23.0 Å². The maximum Gasteiger partial charge on any atom is 0.447 e. The molecule has 0 bridgehead atoms. The number of halogens is 3. The van der Waals surface area contributed by atoms with E-state index >= 15 is 0 Å². The van der Waals surface area contributed by atoms with Gasteiger partial charge >= 0.3 is 6.09 Å². The largest absolute Gasteiger partial charge is 0.447 e. The minimum absolute atomic E-state index is 0.0451. The van der Waals surface area contributed by atoms with Crippen molar-refractivity contribution in [2.75, 3.05) is 26.2 Å². The monoisotopic (exact) mass is 266 g/mol. The third-order valence-corrected chi connectivity index (χ3v) is 3.73. The molecule has 0 saturated carbocycles. The molecule has 0 aromatic heterocycles. The molecule has 2 fully saturated rings. The molecule has 0 aliphatic carbocycles. The van der Waals surface area contributed by atoms with Gasteiger partial charge in [-0.15, -0.1) is 0 Å². The van der Waals surface area contributed by atoms with Crippen LogP contribution in [0.4, 0.5) is 18.1 Å². The number of carbonyl (C=O) groups is 1. The van der Waals surface area contributed by atoms with E-state index in [0.29, 0.717) is 38.9 Å². The van der Waals surface area contributed by atoms with Gasteiger partial charge in [-0.3, -0.25) is 4.90 Å². The minimum atomic E-state index is -2.60. The molecule has 4 nitrogen and oxygen atoms in total. The summed E-state index contributed by atoms with van der Waals surface area (Å²) >= 11 is 0. The van der Waals surface area contributed by atoms with Crippen LogP contribution in [0.2, 0.25) is 0 Å². The zero-order valence-corrected chi connectivity index (χ0v) is 10.1.